The maximum absolute atomic E-state index is 14.4. The molecule has 34 heavy (non-hydrogen) atoms. The first-order chi connectivity index (χ1) is 16.2. The Morgan fingerprint density at radius 2 is 1.85 bits per heavy atom. The van der Waals surface area contributed by atoms with Gasteiger partial charge in [0, 0.05) is 36.9 Å². The van der Waals surface area contributed by atoms with Crippen LogP contribution in [0.15, 0.2) is 43.0 Å². The smallest absolute Gasteiger partial charge is 0.332 e. The van der Waals surface area contributed by atoms with E-state index >= 15 is 0 Å². The van der Waals surface area contributed by atoms with Gasteiger partial charge >= 0.3 is 6.18 Å². The molecule has 2 fully saturated rings. The molecule has 6 nitrogen and oxygen atoms in total. The third-order valence-electron chi connectivity index (χ3n) is 6.63. The third kappa shape index (κ3) is 4.01. The fraction of sp³-hybridized carbons (Fsp3) is 0.375. The van der Waals surface area contributed by atoms with Crippen molar-refractivity contribution in [3.63, 3.8) is 0 Å². The zero-order valence-electron chi connectivity index (χ0n) is 18.3. The predicted molar refractivity (Wildman–Crippen MR) is 114 cm³/mol. The van der Waals surface area contributed by atoms with E-state index in [-0.39, 0.29) is 36.0 Å². The minimum atomic E-state index is -4.65. The lowest BCUT2D eigenvalue weighted by atomic mass is 9.85. The molecule has 2 saturated heterocycles. The highest BCUT2D eigenvalue weighted by molar-refractivity contribution is 6.00. The lowest BCUT2D eigenvalue weighted by molar-refractivity contribution is -0.138. The fourth-order valence-electron chi connectivity index (χ4n) is 5.14. The summed E-state index contributed by atoms with van der Waals surface area (Å²) in [5.41, 5.74) is 0.508. The van der Waals surface area contributed by atoms with Crippen LogP contribution in [0.25, 0.3) is 11.5 Å². The molecular formula is C24H21F4N5O. The topological polar surface area (TPSA) is 71.9 Å². The number of carbonyl (C=O) groups excluding carboxylic acids is 1. The van der Waals surface area contributed by atoms with E-state index in [9.17, 15) is 22.4 Å². The molecule has 0 aromatic carbocycles. The Hall–Kier alpha value is -3.43. The summed E-state index contributed by atoms with van der Waals surface area (Å²) in [6.45, 7) is 1.85. The fourth-order valence-corrected chi connectivity index (χ4v) is 5.14. The lowest BCUT2D eigenvalue weighted by Gasteiger charge is -2.25. The van der Waals surface area contributed by atoms with E-state index in [0.717, 1.165) is 18.4 Å². The van der Waals surface area contributed by atoms with Gasteiger partial charge in [0.1, 0.15) is 11.5 Å². The van der Waals surface area contributed by atoms with Gasteiger partial charge in [-0.15, -0.1) is 0 Å². The molecule has 0 aliphatic carbocycles. The van der Waals surface area contributed by atoms with Crippen LogP contribution in [0.1, 0.15) is 46.4 Å². The molecule has 3 unspecified atom stereocenters. The Morgan fingerprint density at radius 3 is 2.56 bits per heavy atom. The summed E-state index contributed by atoms with van der Waals surface area (Å²) < 4.78 is 53.0. The molecule has 10 heteroatoms. The van der Waals surface area contributed by atoms with Crippen molar-refractivity contribution < 1.29 is 22.4 Å². The minimum absolute atomic E-state index is 0.00598. The van der Waals surface area contributed by atoms with E-state index in [1.165, 1.54) is 0 Å². The van der Waals surface area contributed by atoms with Crippen molar-refractivity contribution in [3.8, 4) is 11.5 Å². The van der Waals surface area contributed by atoms with Gasteiger partial charge in [0.15, 0.2) is 5.82 Å². The summed E-state index contributed by atoms with van der Waals surface area (Å²) in [7, 11) is 0. The number of rotatable bonds is 4. The Morgan fingerprint density at radius 1 is 1.09 bits per heavy atom. The van der Waals surface area contributed by atoms with Crippen LogP contribution in [0.4, 0.5) is 17.6 Å². The Bertz CT molecular complexity index is 1230. The second kappa shape index (κ2) is 8.41. The quantitative estimate of drug-likeness (QED) is 0.519. The predicted octanol–water partition coefficient (Wildman–Crippen LogP) is 4.64. The lowest BCUT2D eigenvalue weighted by Crippen LogP contribution is -2.37. The molecule has 1 amide bonds. The summed E-state index contributed by atoms with van der Waals surface area (Å²) in [5.74, 6) is -0.892. The number of pyridine rings is 2. The number of fused-ring (bicyclic) bond motifs is 2. The van der Waals surface area contributed by atoms with Crippen molar-refractivity contribution in [1.82, 2.24) is 24.8 Å². The first-order valence-corrected chi connectivity index (χ1v) is 11.0. The summed E-state index contributed by atoms with van der Waals surface area (Å²) >= 11 is 0. The van der Waals surface area contributed by atoms with Crippen LogP contribution in [0.5, 0.6) is 0 Å². The van der Waals surface area contributed by atoms with Crippen molar-refractivity contribution in [3.05, 3.63) is 71.2 Å². The Balaban J connectivity index is 1.40. The van der Waals surface area contributed by atoms with Crippen molar-refractivity contribution in [2.75, 3.05) is 0 Å². The number of alkyl halides is 3. The van der Waals surface area contributed by atoms with Gasteiger partial charge < -0.3 is 4.90 Å². The molecule has 0 radical (unpaired) electrons. The van der Waals surface area contributed by atoms with Crippen LogP contribution in [0.3, 0.4) is 0 Å². The first kappa shape index (κ1) is 22.4. The average molecular weight is 471 g/mol. The van der Waals surface area contributed by atoms with Crippen LogP contribution in [-0.2, 0) is 12.6 Å². The highest BCUT2D eigenvalue weighted by Gasteiger charge is 2.49. The molecule has 3 aromatic rings. The van der Waals surface area contributed by atoms with E-state index in [1.807, 2.05) is 11.8 Å². The average Bonchev–Trinajstić information content (AvgIpc) is 3.37. The number of aryl methyl sites for hydroxylation is 1. The van der Waals surface area contributed by atoms with E-state index in [0.29, 0.717) is 35.8 Å². The van der Waals surface area contributed by atoms with Crippen LogP contribution >= 0.6 is 0 Å². The molecule has 2 aliphatic rings. The molecule has 0 spiro atoms. The van der Waals surface area contributed by atoms with Gasteiger partial charge in [0.25, 0.3) is 5.91 Å². The normalized spacial score (nSPS) is 21.8. The summed E-state index contributed by atoms with van der Waals surface area (Å²) in [6.07, 6.45) is 3.24. The highest BCUT2D eigenvalue weighted by Crippen LogP contribution is 2.44. The van der Waals surface area contributed by atoms with Gasteiger partial charge in [-0.2, -0.15) is 13.2 Å². The number of halogens is 4. The van der Waals surface area contributed by atoms with E-state index in [1.54, 1.807) is 30.7 Å². The first-order valence-electron chi connectivity index (χ1n) is 11.0. The zero-order valence-corrected chi connectivity index (χ0v) is 18.3. The van der Waals surface area contributed by atoms with Crippen LogP contribution in [0.2, 0.25) is 0 Å². The SMILES string of the molecule is Cc1cnc(-c2ncccn2)c(C(=O)N2C3CCC2C(Cc2ncc(C(F)(F)F)cc2F)C3)c1. The summed E-state index contributed by atoms with van der Waals surface area (Å²) in [6, 6.07) is 3.77. The van der Waals surface area contributed by atoms with Crippen LogP contribution < -0.4 is 0 Å². The molecule has 176 valence electrons. The minimum Gasteiger partial charge on any atom is -0.332 e. The second-order valence-corrected chi connectivity index (χ2v) is 8.84. The van der Waals surface area contributed by atoms with Gasteiger partial charge in [-0.3, -0.25) is 14.8 Å². The number of carbonyl (C=O) groups is 1. The molecule has 3 atom stereocenters. The maximum atomic E-state index is 14.4. The van der Waals surface area contributed by atoms with Crippen molar-refractivity contribution in [2.24, 2.45) is 5.92 Å². The van der Waals surface area contributed by atoms with Gasteiger partial charge in [-0.25, -0.2) is 14.4 Å². The van der Waals surface area contributed by atoms with Gasteiger partial charge in [-0.1, -0.05) is 0 Å². The third-order valence-corrected chi connectivity index (χ3v) is 6.63. The Kier molecular flexibility index (Phi) is 5.53. The van der Waals surface area contributed by atoms with Gasteiger partial charge in [0.05, 0.1) is 16.8 Å². The second-order valence-electron chi connectivity index (χ2n) is 8.84. The van der Waals surface area contributed by atoms with Crippen molar-refractivity contribution >= 4 is 5.91 Å². The Labute approximate surface area is 193 Å². The number of hydrogen-bond acceptors (Lipinski definition) is 5. The van der Waals surface area contributed by atoms with Crippen LogP contribution in [0, 0.1) is 18.7 Å². The molecule has 2 aliphatic heterocycles. The number of nitrogens with zero attached hydrogens (tertiary/aromatic N) is 5. The molecular weight excluding hydrogens is 450 g/mol. The van der Waals surface area contributed by atoms with Gasteiger partial charge in [0.2, 0.25) is 0 Å². The molecule has 3 aromatic heterocycles. The molecule has 0 saturated carbocycles. The number of hydrogen-bond donors (Lipinski definition) is 0. The zero-order chi connectivity index (χ0) is 24.0. The highest BCUT2D eigenvalue weighted by atomic mass is 19.4. The van der Waals surface area contributed by atoms with Gasteiger partial charge in [-0.05, 0) is 62.3 Å². The maximum Gasteiger partial charge on any atom is 0.417 e. The van der Waals surface area contributed by atoms with E-state index in [2.05, 4.69) is 19.9 Å². The molecule has 0 N–H and O–H groups in total. The standard InChI is InChI=1S/C24H21F4N5O/c1-13-7-17(21(32-11-13)22-29-5-2-6-30-22)23(34)33-16-3-4-20(33)14(8-16)9-19-18(25)10-15(12-31-19)24(26,27)28/h2,5-7,10-12,14,16,20H,3-4,8-9H2,1H3. The van der Waals surface area contributed by atoms with E-state index < -0.39 is 17.6 Å². The monoisotopic (exact) mass is 471 g/mol. The van der Waals surface area contributed by atoms with Crippen LogP contribution in [-0.4, -0.2) is 42.8 Å². The summed E-state index contributed by atoms with van der Waals surface area (Å²) in [5, 5.41) is 0. The van der Waals surface area contributed by atoms with E-state index in [4.69, 9.17) is 0 Å². The van der Waals surface area contributed by atoms with Crippen molar-refractivity contribution in [2.45, 2.75) is 50.9 Å². The molecule has 2 bridgehead atoms. The molecule has 5 rings (SSSR count). The summed E-state index contributed by atoms with van der Waals surface area (Å²) in [4.78, 5) is 32.2. The number of amides is 1. The number of aromatic nitrogens is 4. The molecule has 5 heterocycles. The largest absolute Gasteiger partial charge is 0.417 e. The van der Waals surface area contributed by atoms with Crippen molar-refractivity contribution in [1.29, 1.82) is 0 Å².